The summed E-state index contributed by atoms with van der Waals surface area (Å²) in [7, 11) is 3.01. The van der Waals surface area contributed by atoms with Crippen molar-refractivity contribution in [1.82, 2.24) is 14.7 Å². The average Bonchev–Trinajstić information content (AvgIpc) is 2.80. The number of rotatable bonds is 5. The fourth-order valence-electron chi connectivity index (χ4n) is 4.11. The second-order valence-electron chi connectivity index (χ2n) is 7.44. The normalized spacial score (nSPS) is 14.7. The molecular weight excluding hydrogens is 382 g/mol. The van der Waals surface area contributed by atoms with E-state index in [9.17, 15) is 9.59 Å². The van der Waals surface area contributed by atoms with E-state index in [0.717, 1.165) is 12.8 Å². The quantitative estimate of drug-likeness (QED) is 0.650. The Balaban J connectivity index is 1.51. The van der Waals surface area contributed by atoms with Gasteiger partial charge in [0.15, 0.2) is 11.5 Å². The number of amides is 1. The van der Waals surface area contributed by atoms with Crippen molar-refractivity contribution in [3.8, 4) is 11.5 Å². The smallest absolute Gasteiger partial charge is 0.279 e. The molecule has 0 bridgehead atoms. The molecule has 3 aromatic rings. The highest BCUT2D eigenvalue weighted by Gasteiger charge is 2.24. The van der Waals surface area contributed by atoms with Crippen LogP contribution in [0.4, 0.5) is 0 Å². The molecule has 156 valence electrons. The Morgan fingerprint density at radius 1 is 1.07 bits per heavy atom. The Labute approximate surface area is 174 Å². The van der Waals surface area contributed by atoms with Crippen molar-refractivity contribution in [1.29, 1.82) is 0 Å². The van der Waals surface area contributed by atoms with Crippen LogP contribution in [0.5, 0.6) is 11.5 Å². The van der Waals surface area contributed by atoms with Gasteiger partial charge >= 0.3 is 0 Å². The van der Waals surface area contributed by atoms with Gasteiger partial charge in [0.1, 0.15) is 6.54 Å². The Morgan fingerprint density at radius 2 is 1.80 bits per heavy atom. The molecule has 2 aromatic carbocycles. The van der Waals surface area contributed by atoms with Crippen LogP contribution in [0.25, 0.3) is 10.8 Å². The van der Waals surface area contributed by atoms with E-state index in [-0.39, 0.29) is 18.0 Å². The van der Waals surface area contributed by atoms with E-state index in [4.69, 9.17) is 9.47 Å². The van der Waals surface area contributed by atoms with E-state index in [2.05, 4.69) is 17.2 Å². The van der Waals surface area contributed by atoms with Gasteiger partial charge in [0.25, 0.3) is 5.56 Å². The lowest BCUT2D eigenvalue weighted by Gasteiger charge is -2.32. The van der Waals surface area contributed by atoms with Gasteiger partial charge in [0, 0.05) is 18.5 Å². The topological polar surface area (TPSA) is 73.7 Å². The van der Waals surface area contributed by atoms with Gasteiger partial charge < -0.3 is 14.4 Å². The number of ether oxygens (including phenoxy) is 2. The molecule has 4 rings (SSSR count). The maximum Gasteiger partial charge on any atom is 0.279 e. The maximum atomic E-state index is 13.0. The van der Waals surface area contributed by atoms with Crippen LogP contribution in [0, 0.1) is 0 Å². The number of fused-ring (bicyclic) bond motifs is 1. The molecule has 30 heavy (non-hydrogen) atoms. The Bertz CT molecular complexity index is 1100. The number of carbonyl (C=O) groups excluding carboxylic acids is 1. The van der Waals surface area contributed by atoms with Crippen LogP contribution in [0.1, 0.15) is 24.3 Å². The Kier molecular flexibility index (Phi) is 5.70. The van der Waals surface area contributed by atoms with E-state index in [1.807, 2.05) is 23.1 Å². The summed E-state index contributed by atoms with van der Waals surface area (Å²) in [5.74, 6) is 1.19. The Morgan fingerprint density at radius 3 is 2.47 bits per heavy atom. The molecule has 7 nitrogen and oxygen atoms in total. The van der Waals surface area contributed by atoms with Crippen molar-refractivity contribution in [3.05, 3.63) is 64.6 Å². The molecule has 0 spiro atoms. The lowest BCUT2D eigenvalue weighted by Crippen LogP contribution is -2.41. The van der Waals surface area contributed by atoms with Gasteiger partial charge in [-0.1, -0.05) is 30.3 Å². The second-order valence-corrected chi connectivity index (χ2v) is 7.44. The Hall–Kier alpha value is -3.35. The van der Waals surface area contributed by atoms with E-state index in [0.29, 0.717) is 41.3 Å². The van der Waals surface area contributed by atoms with E-state index in [1.54, 1.807) is 18.3 Å². The van der Waals surface area contributed by atoms with Crippen LogP contribution in [-0.4, -0.2) is 47.9 Å². The molecule has 1 saturated heterocycles. The van der Waals surface area contributed by atoms with Gasteiger partial charge in [0.05, 0.1) is 25.8 Å². The zero-order valence-corrected chi connectivity index (χ0v) is 17.2. The number of carbonyl (C=O) groups is 1. The number of methoxy groups -OCH3 is 2. The zero-order valence-electron chi connectivity index (χ0n) is 17.2. The number of likely N-dealkylation sites (tertiary alicyclic amines) is 1. The molecule has 0 atom stereocenters. The third-order valence-electron chi connectivity index (χ3n) is 5.77. The van der Waals surface area contributed by atoms with Gasteiger partial charge in [-0.25, -0.2) is 4.68 Å². The summed E-state index contributed by atoms with van der Waals surface area (Å²) in [5, 5.41) is 5.20. The molecule has 1 aliphatic heterocycles. The van der Waals surface area contributed by atoms with E-state index < -0.39 is 0 Å². The minimum absolute atomic E-state index is 0.0921. The summed E-state index contributed by atoms with van der Waals surface area (Å²) in [6.45, 7) is 1.26. The molecule has 0 saturated carbocycles. The van der Waals surface area contributed by atoms with Crippen molar-refractivity contribution >= 4 is 16.7 Å². The fraction of sp³-hybridized carbons (Fsp3) is 0.348. The second kappa shape index (κ2) is 8.57. The van der Waals surface area contributed by atoms with Gasteiger partial charge in [-0.3, -0.25) is 9.59 Å². The first-order chi connectivity index (χ1) is 14.6. The van der Waals surface area contributed by atoms with Crippen molar-refractivity contribution in [2.75, 3.05) is 27.3 Å². The maximum absolute atomic E-state index is 13.0. The minimum atomic E-state index is -0.365. The van der Waals surface area contributed by atoms with Gasteiger partial charge in [0.2, 0.25) is 5.91 Å². The van der Waals surface area contributed by atoms with Crippen molar-refractivity contribution in [2.24, 2.45) is 0 Å². The van der Waals surface area contributed by atoms with Crippen LogP contribution in [0.3, 0.4) is 0 Å². The third kappa shape index (κ3) is 3.75. The molecule has 1 aromatic heterocycles. The van der Waals surface area contributed by atoms with Crippen LogP contribution >= 0.6 is 0 Å². The molecule has 0 unspecified atom stereocenters. The number of aromatic nitrogens is 2. The van der Waals surface area contributed by atoms with Crippen LogP contribution in [-0.2, 0) is 11.3 Å². The van der Waals surface area contributed by atoms with Crippen LogP contribution in [0.15, 0.2) is 53.5 Å². The predicted molar refractivity (Wildman–Crippen MR) is 114 cm³/mol. The molecule has 0 aliphatic carbocycles. The molecular formula is C23H25N3O4. The van der Waals surface area contributed by atoms with Gasteiger partial charge in [-0.15, -0.1) is 0 Å². The van der Waals surface area contributed by atoms with Gasteiger partial charge in [-0.2, -0.15) is 5.10 Å². The third-order valence-corrected chi connectivity index (χ3v) is 5.77. The predicted octanol–water partition coefficient (Wildman–Crippen LogP) is 2.82. The zero-order chi connectivity index (χ0) is 21.1. The highest BCUT2D eigenvalue weighted by molar-refractivity contribution is 5.89. The summed E-state index contributed by atoms with van der Waals surface area (Å²) in [4.78, 5) is 27.7. The molecule has 2 heterocycles. The lowest BCUT2D eigenvalue weighted by atomic mass is 9.89. The highest BCUT2D eigenvalue weighted by Crippen LogP contribution is 2.33. The number of hydrogen-bond donors (Lipinski definition) is 0. The minimum Gasteiger partial charge on any atom is -0.493 e. The highest BCUT2D eigenvalue weighted by atomic mass is 16.5. The molecule has 0 radical (unpaired) electrons. The average molecular weight is 407 g/mol. The van der Waals surface area contributed by atoms with Crippen LogP contribution in [0.2, 0.25) is 0 Å². The summed E-state index contributed by atoms with van der Waals surface area (Å²) in [6.07, 6.45) is 3.41. The van der Waals surface area contributed by atoms with Crippen molar-refractivity contribution in [3.63, 3.8) is 0 Å². The fourth-order valence-corrected chi connectivity index (χ4v) is 4.11. The largest absolute Gasteiger partial charge is 0.493 e. The van der Waals surface area contributed by atoms with Crippen LogP contribution < -0.4 is 15.0 Å². The summed E-state index contributed by atoms with van der Waals surface area (Å²) in [5.41, 5.74) is 0.953. The summed E-state index contributed by atoms with van der Waals surface area (Å²) >= 11 is 0. The first-order valence-electron chi connectivity index (χ1n) is 10.1. The van der Waals surface area contributed by atoms with Gasteiger partial charge in [-0.05, 0) is 36.5 Å². The first-order valence-corrected chi connectivity index (χ1v) is 10.1. The number of nitrogens with zero attached hydrogens (tertiary/aromatic N) is 3. The molecule has 0 N–H and O–H groups in total. The molecule has 7 heteroatoms. The molecule has 1 amide bonds. The number of hydrogen-bond acceptors (Lipinski definition) is 5. The molecule has 1 aliphatic rings. The lowest BCUT2D eigenvalue weighted by molar-refractivity contribution is -0.133. The SMILES string of the molecule is COc1ccc2cnn(CC(=O)N3CCC(c4ccccc4)CC3)c(=O)c2c1OC. The number of benzene rings is 2. The van der Waals surface area contributed by atoms with E-state index >= 15 is 0 Å². The number of piperidine rings is 1. The van der Waals surface area contributed by atoms with E-state index in [1.165, 1.54) is 24.5 Å². The summed E-state index contributed by atoms with van der Waals surface area (Å²) in [6, 6.07) is 13.9. The first kappa shape index (κ1) is 19.9. The summed E-state index contributed by atoms with van der Waals surface area (Å²) < 4.78 is 11.9. The standard InChI is InChI=1S/C23H25N3O4/c1-29-19-9-8-18-14-24-26(23(28)21(18)22(19)30-2)15-20(27)25-12-10-17(11-13-25)16-6-4-3-5-7-16/h3-9,14,17H,10-13,15H2,1-2H3. The monoisotopic (exact) mass is 407 g/mol. The van der Waals surface area contributed by atoms with Crippen molar-refractivity contribution in [2.45, 2.75) is 25.3 Å². The molecule has 1 fully saturated rings. The van der Waals surface area contributed by atoms with Crippen molar-refractivity contribution < 1.29 is 14.3 Å².